The van der Waals surface area contributed by atoms with Gasteiger partial charge in [-0.2, -0.15) is 0 Å². The summed E-state index contributed by atoms with van der Waals surface area (Å²) in [6, 6.07) is 21.7. The van der Waals surface area contributed by atoms with Crippen molar-refractivity contribution in [1.82, 2.24) is 10.2 Å². The van der Waals surface area contributed by atoms with E-state index in [0.29, 0.717) is 12.1 Å². The molecule has 9 heteroatoms. The van der Waals surface area contributed by atoms with Crippen molar-refractivity contribution in [3.05, 3.63) is 101 Å². The number of benzene rings is 3. The number of anilines is 1. The number of nitrogens with zero attached hydrogens (tertiary/aromatic N) is 2. The van der Waals surface area contributed by atoms with Crippen LogP contribution in [0.15, 0.2) is 78.9 Å². The molecular weight excluding hydrogens is 541 g/mol. The minimum Gasteiger partial charge on any atom is -0.350 e. The molecule has 220 valence electrons. The molecule has 3 rings (SSSR count). The molecule has 41 heavy (non-hydrogen) atoms. The van der Waals surface area contributed by atoms with Gasteiger partial charge < -0.3 is 10.2 Å². The van der Waals surface area contributed by atoms with Gasteiger partial charge >= 0.3 is 0 Å². The van der Waals surface area contributed by atoms with Crippen LogP contribution in [0.5, 0.6) is 0 Å². The SMILES string of the molecule is Cc1ccccc1CN(C(=O)CCCN(c1ccc(F)cc1)S(C)(=O)=O)[C@H](Cc1ccccc1)C(=O)NC(C)(C)C. The quantitative estimate of drug-likeness (QED) is 0.317. The van der Waals surface area contributed by atoms with Gasteiger partial charge in [0.15, 0.2) is 0 Å². The number of rotatable bonds is 12. The summed E-state index contributed by atoms with van der Waals surface area (Å²) in [6.07, 6.45) is 1.64. The van der Waals surface area contributed by atoms with Crippen molar-refractivity contribution < 1.29 is 22.4 Å². The lowest BCUT2D eigenvalue weighted by Crippen LogP contribution is -2.54. The van der Waals surface area contributed by atoms with E-state index in [1.54, 1.807) is 4.90 Å². The Morgan fingerprint density at radius 2 is 1.54 bits per heavy atom. The van der Waals surface area contributed by atoms with Gasteiger partial charge in [0, 0.05) is 31.5 Å². The average molecular weight is 582 g/mol. The minimum atomic E-state index is -3.67. The first kappa shape index (κ1) is 31.8. The van der Waals surface area contributed by atoms with Crippen molar-refractivity contribution in [2.24, 2.45) is 0 Å². The molecule has 0 aliphatic rings. The van der Waals surface area contributed by atoms with Gasteiger partial charge in [-0.05, 0) is 75.1 Å². The number of nitrogens with one attached hydrogen (secondary N) is 1. The normalized spacial score (nSPS) is 12.4. The number of amides is 2. The summed E-state index contributed by atoms with van der Waals surface area (Å²) < 4.78 is 39.7. The van der Waals surface area contributed by atoms with Crippen LogP contribution in [-0.4, -0.2) is 49.5 Å². The van der Waals surface area contributed by atoms with E-state index in [1.165, 1.54) is 28.6 Å². The largest absolute Gasteiger partial charge is 0.350 e. The molecule has 0 bridgehead atoms. The van der Waals surface area contributed by atoms with Gasteiger partial charge in [-0.15, -0.1) is 0 Å². The third kappa shape index (κ3) is 9.70. The maximum Gasteiger partial charge on any atom is 0.243 e. The summed E-state index contributed by atoms with van der Waals surface area (Å²) in [5, 5.41) is 3.04. The van der Waals surface area contributed by atoms with Crippen LogP contribution < -0.4 is 9.62 Å². The molecule has 0 saturated heterocycles. The van der Waals surface area contributed by atoms with Crippen LogP contribution in [0.2, 0.25) is 0 Å². The Labute approximate surface area is 243 Å². The first-order valence-electron chi connectivity index (χ1n) is 13.7. The topological polar surface area (TPSA) is 86.8 Å². The third-order valence-electron chi connectivity index (χ3n) is 6.64. The van der Waals surface area contributed by atoms with E-state index in [-0.39, 0.29) is 37.7 Å². The molecular formula is C32H40FN3O4S. The Morgan fingerprint density at radius 1 is 0.927 bits per heavy atom. The summed E-state index contributed by atoms with van der Waals surface area (Å²) in [5.41, 5.74) is 2.66. The van der Waals surface area contributed by atoms with Crippen LogP contribution in [0.3, 0.4) is 0 Å². The third-order valence-corrected chi connectivity index (χ3v) is 7.83. The van der Waals surface area contributed by atoms with Crippen molar-refractivity contribution in [1.29, 1.82) is 0 Å². The highest BCUT2D eigenvalue weighted by Crippen LogP contribution is 2.21. The molecule has 0 aliphatic heterocycles. The molecule has 2 amide bonds. The molecule has 1 atom stereocenters. The maximum absolute atomic E-state index is 13.9. The number of sulfonamides is 1. The fourth-order valence-corrected chi connectivity index (χ4v) is 5.55. The molecule has 3 aromatic rings. The molecule has 0 fully saturated rings. The van der Waals surface area contributed by atoms with E-state index in [1.807, 2.05) is 82.3 Å². The molecule has 0 unspecified atom stereocenters. The number of halogens is 1. The van der Waals surface area contributed by atoms with Crippen LogP contribution in [0, 0.1) is 12.7 Å². The van der Waals surface area contributed by atoms with Gasteiger partial charge in [0.25, 0.3) is 0 Å². The Morgan fingerprint density at radius 3 is 2.12 bits per heavy atom. The second-order valence-electron chi connectivity index (χ2n) is 11.3. The molecule has 0 radical (unpaired) electrons. The average Bonchev–Trinajstić information content (AvgIpc) is 2.89. The first-order chi connectivity index (χ1) is 19.2. The zero-order chi connectivity index (χ0) is 30.2. The highest BCUT2D eigenvalue weighted by Gasteiger charge is 2.32. The predicted molar refractivity (Wildman–Crippen MR) is 161 cm³/mol. The molecule has 0 aliphatic carbocycles. The van der Waals surface area contributed by atoms with Crippen LogP contribution in [-0.2, 0) is 32.6 Å². The maximum atomic E-state index is 13.9. The van der Waals surface area contributed by atoms with E-state index >= 15 is 0 Å². The van der Waals surface area contributed by atoms with Gasteiger partial charge in [0.05, 0.1) is 11.9 Å². The van der Waals surface area contributed by atoms with E-state index in [0.717, 1.165) is 22.9 Å². The van der Waals surface area contributed by atoms with E-state index in [2.05, 4.69) is 5.32 Å². The van der Waals surface area contributed by atoms with Gasteiger partial charge in [-0.3, -0.25) is 13.9 Å². The molecule has 1 N–H and O–H groups in total. The highest BCUT2D eigenvalue weighted by molar-refractivity contribution is 7.92. The van der Waals surface area contributed by atoms with Crippen LogP contribution in [0.4, 0.5) is 10.1 Å². The van der Waals surface area contributed by atoms with Crippen molar-refractivity contribution >= 4 is 27.5 Å². The summed E-state index contributed by atoms with van der Waals surface area (Å²) in [6.45, 7) is 7.92. The van der Waals surface area contributed by atoms with Gasteiger partial charge in [0.1, 0.15) is 11.9 Å². The van der Waals surface area contributed by atoms with Crippen molar-refractivity contribution in [3.63, 3.8) is 0 Å². The van der Waals surface area contributed by atoms with E-state index < -0.39 is 27.4 Å². The van der Waals surface area contributed by atoms with E-state index in [4.69, 9.17) is 0 Å². The Bertz CT molecular complexity index is 1420. The smallest absolute Gasteiger partial charge is 0.243 e. The molecule has 0 heterocycles. The minimum absolute atomic E-state index is 0.0210. The Kier molecular flexibility index (Phi) is 10.7. The van der Waals surface area contributed by atoms with Crippen molar-refractivity contribution in [2.75, 3.05) is 17.1 Å². The standard InChI is InChI=1S/C32H40FN3O4S/c1-24-12-9-10-15-26(24)23-35(29(31(38)34-32(2,3)4)22-25-13-7-6-8-14-25)30(37)16-11-21-36(41(5,39)40)28-19-17-27(33)18-20-28/h6-10,12-15,17-20,29H,11,16,21-23H2,1-5H3,(H,34,38)/t29-/m1/s1. The summed E-state index contributed by atoms with van der Waals surface area (Å²) in [4.78, 5) is 29.2. The zero-order valence-corrected chi connectivity index (χ0v) is 25.2. The number of carbonyl (C=O) groups is 2. The van der Waals surface area contributed by atoms with Gasteiger partial charge in [0.2, 0.25) is 21.8 Å². The Hall–Kier alpha value is -3.72. The molecule has 7 nitrogen and oxygen atoms in total. The number of aryl methyl sites for hydroxylation is 1. The lowest BCUT2D eigenvalue weighted by Gasteiger charge is -2.34. The molecule has 0 saturated carbocycles. The lowest BCUT2D eigenvalue weighted by atomic mass is 9.99. The molecule has 3 aromatic carbocycles. The van der Waals surface area contributed by atoms with Crippen LogP contribution in [0.1, 0.15) is 50.3 Å². The fourth-order valence-electron chi connectivity index (χ4n) is 4.59. The number of hydrogen-bond donors (Lipinski definition) is 1. The second-order valence-corrected chi connectivity index (χ2v) is 13.2. The number of hydrogen-bond acceptors (Lipinski definition) is 4. The van der Waals surface area contributed by atoms with E-state index in [9.17, 15) is 22.4 Å². The van der Waals surface area contributed by atoms with Crippen molar-refractivity contribution in [3.8, 4) is 0 Å². The predicted octanol–water partition coefficient (Wildman–Crippen LogP) is 5.24. The zero-order valence-electron chi connectivity index (χ0n) is 24.4. The van der Waals surface area contributed by atoms with Gasteiger partial charge in [-0.1, -0.05) is 54.6 Å². The number of carbonyl (C=O) groups excluding carboxylic acids is 2. The highest BCUT2D eigenvalue weighted by atomic mass is 32.2. The fraction of sp³-hybridized carbons (Fsp3) is 0.375. The molecule has 0 spiro atoms. The second kappa shape index (κ2) is 13.8. The van der Waals surface area contributed by atoms with Crippen molar-refractivity contribution in [2.45, 2.75) is 65.1 Å². The van der Waals surface area contributed by atoms with Gasteiger partial charge in [-0.25, -0.2) is 12.8 Å². The lowest BCUT2D eigenvalue weighted by molar-refractivity contribution is -0.142. The molecule has 0 aromatic heterocycles. The summed E-state index contributed by atoms with van der Waals surface area (Å²) >= 11 is 0. The summed E-state index contributed by atoms with van der Waals surface area (Å²) in [7, 11) is -3.67. The first-order valence-corrected chi connectivity index (χ1v) is 15.5. The van der Waals surface area contributed by atoms with Crippen LogP contribution >= 0.6 is 0 Å². The van der Waals surface area contributed by atoms with Crippen LogP contribution in [0.25, 0.3) is 0 Å². The monoisotopic (exact) mass is 581 g/mol. The summed E-state index contributed by atoms with van der Waals surface area (Å²) in [5.74, 6) is -0.986. The Balaban J connectivity index is 1.91.